The van der Waals surface area contributed by atoms with E-state index in [9.17, 15) is 13.2 Å². The van der Waals surface area contributed by atoms with Gasteiger partial charge in [-0.2, -0.15) is 0 Å². The molecule has 7 heteroatoms. The maximum absolute atomic E-state index is 12.1. The zero-order chi connectivity index (χ0) is 17.0. The first-order chi connectivity index (χ1) is 10.8. The highest BCUT2D eigenvalue weighted by molar-refractivity contribution is 7.90. The van der Waals surface area contributed by atoms with Gasteiger partial charge in [0, 0.05) is 6.26 Å². The third kappa shape index (κ3) is 4.46. The molecule has 0 spiro atoms. The third-order valence-corrected chi connectivity index (χ3v) is 4.65. The van der Waals surface area contributed by atoms with Crippen molar-refractivity contribution in [2.45, 2.75) is 11.5 Å². The van der Waals surface area contributed by atoms with Gasteiger partial charge in [-0.1, -0.05) is 23.7 Å². The molecule has 0 fully saturated rings. The fourth-order valence-corrected chi connectivity index (χ4v) is 3.21. The number of hydrogen-bond acceptors (Lipinski definition) is 5. The summed E-state index contributed by atoms with van der Waals surface area (Å²) in [4.78, 5) is 12.0. The summed E-state index contributed by atoms with van der Waals surface area (Å²) in [6, 6.07) is 11.1. The molecule has 0 saturated heterocycles. The van der Waals surface area contributed by atoms with Gasteiger partial charge >= 0.3 is 5.97 Å². The van der Waals surface area contributed by atoms with Crippen molar-refractivity contribution in [3.63, 3.8) is 0 Å². The van der Waals surface area contributed by atoms with Crippen molar-refractivity contribution in [1.29, 1.82) is 0 Å². The van der Waals surface area contributed by atoms with Gasteiger partial charge in [-0.3, -0.25) is 0 Å². The lowest BCUT2D eigenvalue weighted by Crippen LogP contribution is -2.07. The Balaban J connectivity index is 2.15. The monoisotopic (exact) mass is 354 g/mol. The van der Waals surface area contributed by atoms with Gasteiger partial charge in [0.25, 0.3) is 0 Å². The predicted molar refractivity (Wildman–Crippen MR) is 86.7 cm³/mol. The van der Waals surface area contributed by atoms with Gasteiger partial charge in [0.1, 0.15) is 12.4 Å². The fourth-order valence-electron chi connectivity index (χ4n) is 1.91. The molecule has 0 bridgehead atoms. The fraction of sp³-hybridized carbons (Fsp3) is 0.188. The topological polar surface area (TPSA) is 69.7 Å². The summed E-state index contributed by atoms with van der Waals surface area (Å²) in [6.45, 7) is 0.0485. The van der Waals surface area contributed by atoms with Crippen LogP contribution in [0.2, 0.25) is 5.02 Å². The summed E-state index contributed by atoms with van der Waals surface area (Å²) in [7, 11) is -1.97. The first-order valence-corrected chi connectivity index (χ1v) is 8.88. The van der Waals surface area contributed by atoms with Crippen LogP contribution in [0.4, 0.5) is 0 Å². The number of sulfone groups is 1. The van der Waals surface area contributed by atoms with Gasteiger partial charge in [-0.05, 0) is 35.9 Å². The Kier molecular flexibility index (Phi) is 5.28. The van der Waals surface area contributed by atoms with Crippen LogP contribution in [0.1, 0.15) is 15.9 Å². The maximum atomic E-state index is 12.1. The third-order valence-electron chi connectivity index (χ3n) is 3.07. The van der Waals surface area contributed by atoms with E-state index in [1.54, 1.807) is 31.4 Å². The van der Waals surface area contributed by atoms with Crippen LogP contribution in [0.3, 0.4) is 0 Å². The lowest BCUT2D eigenvalue weighted by molar-refractivity contribution is 0.0472. The standard InChI is InChI=1S/C16H15ClO5S/c1-21-13-5-3-4-11(8-13)10-22-16(18)12-6-7-14(17)15(9-12)23(2,19)20/h3-9H,10H2,1-2H3. The number of halogens is 1. The predicted octanol–water partition coefficient (Wildman–Crippen LogP) is 3.11. The summed E-state index contributed by atoms with van der Waals surface area (Å²) in [6.07, 6.45) is 1.03. The van der Waals surface area contributed by atoms with Crippen LogP contribution < -0.4 is 4.74 Å². The Bertz CT molecular complexity index is 830. The molecular weight excluding hydrogens is 340 g/mol. The first-order valence-electron chi connectivity index (χ1n) is 6.61. The van der Waals surface area contributed by atoms with Gasteiger partial charge in [0.15, 0.2) is 9.84 Å². The normalized spacial score (nSPS) is 11.1. The van der Waals surface area contributed by atoms with Gasteiger partial charge in [-0.25, -0.2) is 13.2 Å². The van der Waals surface area contributed by atoms with Gasteiger partial charge in [-0.15, -0.1) is 0 Å². The Morgan fingerprint density at radius 2 is 1.91 bits per heavy atom. The summed E-state index contributed by atoms with van der Waals surface area (Å²) >= 11 is 5.85. The molecule has 0 amide bonds. The molecular formula is C16H15ClO5S. The Morgan fingerprint density at radius 1 is 1.17 bits per heavy atom. The van der Waals surface area contributed by atoms with Crippen molar-refractivity contribution in [1.82, 2.24) is 0 Å². The van der Waals surface area contributed by atoms with Crippen LogP contribution in [0, 0.1) is 0 Å². The molecule has 5 nitrogen and oxygen atoms in total. The number of ether oxygens (including phenoxy) is 2. The van der Waals surface area contributed by atoms with E-state index in [1.165, 1.54) is 18.2 Å². The second-order valence-corrected chi connectivity index (χ2v) is 7.24. The van der Waals surface area contributed by atoms with E-state index in [2.05, 4.69) is 0 Å². The number of esters is 1. The van der Waals surface area contributed by atoms with Crippen molar-refractivity contribution in [2.75, 3.05) is 13.4 Å². The molecule has 0 atom stereocenters. The van der Waals surface area contributed by atoms with Crippen LogP contribution in [-0.4, -0.2) is 27.8 Å². The van der Waals surface area contributed by atoms with E-state index < -0.39 is 15.8 Å². The molecule has 0 aromatic heterocycles. The smallest absolute Gasteiger partial charge is 0.338 e. The highest BCUT2D eigenvalue weighted by Crippen LogP contribution is 2.23. The molecule has 0 aliphatic heterocycles. The van der Waals surface area contributed by atoms with E-state index in [1.807, 2.05) is 0 Å². The van der Waals surface area contributed by atoms with Crippen molar-refractivity contribution in [3.05, 3.63) is 58.6 Å². The van der Waals surface area contributed by atoms with Crippen molar-refractivity contribution >= 4 is 27.4 Å². The number of benzene rings is 2. The van der Waals surface area contributed by atoms with E-state index in [4.69, 9.17) is 21.1 Å². The number of carbonyl (C=O) groups excluding carboxylic acids is 1. The minimum absolute atomic E-state index is 0.0485. The average Bonchev–Trinajstić information content (AvgIpc) is 2.52. The largest absolute Gasteiger partial charge is 0.497 e. The molecule has 122 valence electrons. The van der Waals surface area contributed by atoms with E-state index in [0.717, 1.165) is 11.8 Å². The molecule has 2 aromatic rings. The number of carbonyl (C=O) groups is 1. The summed E-state index contributed by atoms with van der Waals surface area (Å²) in [5.41, 5.74) is 0.882. The van der Waals surface area contributed by atoms with Crippen LogP contribution in [0.25, 0.3) is 0 Å². The second-order valence-electron chi connectivity index (χ2n) is 4.85. The average molecular weight is 355 g/mol. The Morgan fingerprint density at radius 3 is 2.57 bits per heavy atom. The van der Waals surface area contributed by atoms with Crippen molar-refractivity contribution in [3.8, 4) is 5.75 Å². The van der Waals surface area contributed by atoms with E-state index in [-0.39, 0.29) is 22.1 Å². The molecule has 2 aromatic carbocycles. The summed E-state index contributed by atoms with van der Waals surface area (Å²) in [5.74, 6) is 0.0267. The lowest BCUT2D eigenvalue weighted by Gasteiger charge is -2.08. The molecule has 0 heterocycles. The van der Waals surface area contributed by atoms with Crippen LogP contribution in [0.15, 0.2) is 47.4 Å². The van der Waals surface area contributed by atoms with Gasteiger partial charge in [0.05, 0.1) is 22.6 Å². The molecule has 23 heavy (non-hydrogen) atoms. The molecule has 2 rings (SSSR count). The van der Waals surface area contributed by atoms with Crippen molar-refractivity contribution in [2.24, 2.45) is 0 Å². The minimum Gasteiger partial charge on any atom is -0.497 e. The molecule has 0 aliphatic rings. The van der Waals surface area contributed by atoms with Crippen LogP contribution >= 0.6 is 11.6 Å². The first kappa shape index (κ1) is 17.3. The Hall–Kier alpha value is -2.05. The highest BCUT2D eigenvalue weighted by atomic mass is 35.5. The minimum atomic E-state index is -3.52. The summed E-state index contributed by atoms with van der Waals surface area (Å²) in [5, 5.41) is 0.0665. The number of rotatable bonds is 5. The van der Waals surface area contributed by atoms with Crippen LogP contribution in [0.5, 0.6) is 5.75 Å². The molecule has 0 aliphatic carbocycles. The molecule has 0 saturated carbocycles. The maximum Gasteiger partial charge on any atom is 0.338 e. The summed E-state index contributed by atoms with van der Waals surface area (Å²) < 4.78 is 33.5. The highest BCUT2D eigenvalue weighted by Gasteiger charge is 2.16. The van der Waals surface area contributed by atoms with E-state index >= 15 is 0 Å². The zero-order valence-electron chi connectivity index (χ0n) is 12.6. The van der Waals surface area contributed by atoms with Gasteiger partial charge < -0.3 is 9.47 Å². The molecule has 0 N–H and O–H groups in total. The van der Waals surface area contributed by atoms with Crippen LogP contribution in [-0.2, 0) is 21.2 Å². The SMILES string of the molecule is COc1cccc(COC(=O)c2ccc(Cl)c(S(C)(=O)=O)c2)c1. The van der Waals surface area contributed by atoms with E-state index in [0.29, 0.717) is 5.75 Å². The lowest BCUT2D eigenvalue weighted by atomic mass is 10.2. The number of methoxy groups -OCH3 is 1. The quantitative estimate of drug-likeness (QED) is 0.771. The van der Waals surface area contributed by atoms with Gasteiger partial charge in [0.2, 0.25) is 0 Å². The molecule has 0 unspecified atom stereocenters. The second kappa shape index (κ2) is 7.02. The molecule has 0 radical (unpaired) electrons. The zero-order valence-corrected chi connectivity index (χ0v) is 14.1. The van der Waals surface area contributed by atoms with Crippen molar-refractivity contribution < 1.29 is 22.7 Å². The number of hydrogen-bond donors (Lipinski definition) is 0. The Labute approximate surface area is 139 Å².